The first-order valence-electron chi connectivity index (χ1n) is 5.63. The van der Waals surface area contributed by atoms with Gasteiger partial charge in [0.1, 0.15) is 0 Å². The van der Waals surface area contributed by atoms with E-state index < -0.39 is 0 Å². The minimum Gasteiger partial charge on any atom is -0.269 e. The van der Waals surface area contributed by atoms with Crippen LogP contribution in [-0.2, 0) is 0 Å². The Morgan fingerprint density at radius 1 is 1.20 bits per heavy atom. The first kappa shape index (κ1) is 11.8. The van der Waals surface area contributed by atoms with Gasteiger partial charge in [0.2, 0.25) is 0 Å². The van der Waals surface area contributed by atoms with Gasteiger partial charge >= 0.3 is 0 Å². The molecule has 15 heavy (non-hydrogen) atoms. The summed E-state index contributed by atoms with van der Waals surface area (Å²) in [7, 11) is 0. The van der Waals surface area contributed by atoms with Crippen LogP contribution in [0.1, 0.15) is 39.3 Å². The molecule has 2 rings (SSSR count). The summed E-state index contributed by atoms with van der Waals surface area (Å²) in [4.78, 5) is 0. The van der Waals surface area contributed by atoms with Crippen LogP contribution in [0.5, 0.6) is 0 Å². The van der Waals surface area contributed by atoms with E-state index in [9.17, 15) is 0 Å². The normalized spacial score (nSPS) is 10.3. The van der Waals surface area contributed by atoms with E-state index in [0.717, 1.165) is 5.52 Å². The van der Waals surface area contributed by atoms with Gasteiger partial charge in [0.05, 0.1) is 5.52 Å². The summed E-state index contributed by atoms with van der Waals surface area (Å²) in [6, 6.07) is 6.66. The van der Waals surface area contributed by atoms with E-state index in [2.05, 4.69) is 50.3 Å². The Labute approximate surface area is 91.9 Å². The van der Waals surface area contributed by atoms with Crippen molar-refractivity contribution in [1.29, 1.82) is 0 Å². The summed E-state index contributed by atoms with van der Waals surface area (Å²) in [5, 5.41) is 5.75. The van der Waals surface area contributed by atoms with Crippen molar-refractivity contribution in [2.75, 3.05) is 0 Å². The van der Waals surface area contributed by atoms with Gasteiger partial charge in [0.15, 0.2) is 0 Å². The largest absolute Gasteiger partial charge is 0.269 e. The standard InChI is InChI=1S/C11H14N2.C2H6/c1-8(2)13-7-10-9(3)5-4-6-11(10)12-13;1-2/h4-8H,1-3H3;1-2H3. The molecular weight excluding hydrogens is 184 g/mol. The maximum atomic E-state index is 4.49. The zero-order valence-corrected chi connectivity index (χ0v) is 10.3. The van der Waals surface area contributed by atoms with Crippen LogP contribution in [0, 0.1) is 6.92 Å². The zero-order valence-electron chi connectivity index (χ0n) is 10.3. The van der Waals surface area contributed by atoms with Crippen molar-refractivity contribution in [3.8, 4) is 0 Å². The molecule has 0 N–H and O–H groups in total. The maximum absolute atomic E-state index is 4.49. The molecule has 2 aromatic rings. The Bertz CT molecular complexity index is 427. The number of hydrogen-bond donors (Lipinski definition) is 0. The van der Waals surface area contributed by atoms with Crippen molar-refractivity contribution in [3.05, 3.63) is 30.0 Å². The predicted molar refractivity (Wildman–Crippen MR) is 66.2 cm³/mol. The topological polar surface area (TPSA) is 17.8 Å². The van der Waals surface area contributed by atoms with Crippen LogP contribution in [0.15, 0.2) is 24.4 Å². The molecule has 0 unspecified atom stereocenters. The number of hydrogen-bond acceptors (Lipinski definition) is 1. The molecule has 2 heteroatoms. The molecule has 0 aliphatic carbocycles. The van der Waals surface area contributed by atoms with E-state index in [-0.39, 0.29) is 0 Å². The smallest absolute Gasteiger partial charge is 0.0926 e. The van der Waals surface area contributed by atoms with Gasteiger partial charge in [-0.05, 0) is 32.4 Å². The molecule has 0 bridgehead atoms. The molecule has 0 saturated carbocycles. The van der Waals surface area contributed by atoms with E-state index >= 15 is 0 Å². The molecule has 0 aliphatic heterocycles. The third-order valence-corrected chi connectivity index (χ3v) is 2.31. The molecule has 0 aliphatic rings. The van der Waals surface area contributed by atoms with Gasteiger partial charge < -0.3 is 0 Å². The zero-order chi connectivity index (χ0) is 11.4. The first-order chi connectivity index (χ1) is 7.18. The van der Waals surface area contributed by atoms with E-state index in [1.165, 1.54) is 10.9 Å². The molecule has 1 heterocycles. The van der Waals surface area contributed by atoms with Crippen LogP contribution in [-0.4, -0.2) is 9.78 Å². The van der Waals surface area contributed by atoms with Crippen LogP contribution in [0.3, 0.4) is 0 Å². The molecule has 1 aromatic carbocycles. The lowest BCUT2D eigenvalue weighted by molar-refractivity contribution is 0.537. The SMILES string of the molecule is CC.Cc1cccc2nn(C(C)C)cc12. The fourth-order valence-electron chi connectivity index (χ4n) is 1.47. The molecule has 1 aromatic heterocycles. The average Bonchev–Trinajstić information content (AvgIpc) is 2.66. The van der Waals surface area contributed by atoms with Crippen molar-refractivity contribution in [3.63, 3.8) is 0 Å². The van der Waals surface area contributed by atoms with E-state index in [1.54, 1.807) is 0 Å². The Balaban J connectivity index is 0.000000531. The lowest BCUT2D eigenvalue weighted by atomic mass is 10.1. The molecule has 0 fully saturated rings. The highest BCUT2D eigenvalue weighted by Crippen LogP contribution is 2.18. The summed E-state index contributed by atoms with van der Waals surface area (Å²) < 4.78 is 2.01. The second kappa shape index (κ2) is 4.96. The van der Waals surface area contributed by atoms with Crippen molar-refractivity contribution < 1.29 is 0 Å². The summed E-state index contributed by atoms with van der Waals surface area (Å²) in [6.45, 7) is 10.4. The lowest BCUT2D eigenvalue weighted by Gasteiger charge is -2.02. The number of benzene rings is 1. The Kier molecular flexibility index (Phi) is 3.89. The molecule has 0 spiro atoms. The predicted octanol–water partition coefficient (Wildman–Crippen LogP) is 3.95. The number of aryl methyl sites for hydroxylation is 1. The quantitative estimate of drug-likeness (QED) is 0.687. The number of nitrogens with zero attached hydrogens (tertiary/aromatic N) is 2. The van der Waals surface area contributed by atoms with Gasteiger partial charge in [-0.3, -0.25) is 4.68 Å². The third-order valence-electron chi connectivity index (χ3n) is 2.31. The Morgan fingerprint density at radius 3 is 2.40 bits per heavy atom. The fourth-order valence-corrected chi connectivity index (χ4v) is 1.47. The Morgan fingerprint density at radius 2 is 1.87 bits per heavy atom. The molecule has 0 amide bonds. The van der Waals surface area contributed by atoms with E-state index in [4.69, 9.17) is 0 Å². The number of aromatic nitrogens is 2. The van der Waals surface area contributed by atoms with Crippen LogP contribution in [0.4, 0.5) is 0 Å². The third kappa shape index (κ3) is 2.38. The molecule has 0 atom stereocenters. The molecule has 0 radical (unpaired) electrons. The molecule has 0 saturated heterocycles. The highest BCUT2D eigenvalue weighted by atomic mass is 15.3. The van der Waals surface area contributed by atoms with E-state index in [1.807, 2.05) is 18.5 Å². The second-order valence-electron chi connectivity index (χ2n) is 3.71. The first-order valence-corrected chi connectivity index (χ1v) is 5.63. The van der Waals surface area contributed by atoms with Gasteiger partial charge in [0.25, 0.3) is 0 Å². The van der Waals surface area contributed by atoms with Crippen molar-refractivity contribution in [2.24, 2.45) is 0 Å². The average molecular weight is 204 g/mol. The van der Waals surface area contributed by atoms with Gasteiger partial charge in [-0.25, -0.2) is 0 Å². The van der Waals surface area contributed by atoms with Crippen LogP contribution in [0.25, 0.3) is 10.9 Å². The molecule has 82 valence electrons. The van der Waals surface area contributed by atoms with E-state index in [0.29, 0.717) is 6.04 Å². The molecule has 2 nitrogen and oxygen atoms in total. The minimum atomic E-state index is 0.437. The highest BCUT2D eigenvalue weighted by Gasteiger charge is 2.04. The van der Waals surface area contributed by atoms with Crippen molar-refractivity contribution >= 4 is 10.9 Å². The second-order valence-corrected chi connectivity index (χ2v) is 3.71. The summed E-state index contributed by atoms with van der Waals surface area (Å²) >= 11 is 0. The molecular formula is C13H20N2. The fraction of sp³-hybridized carbons (Fsp3) is 0.462. The lowest BCUT2D eigenvalue weighted by Crippen LogP contribution is -1.99. The van der Waals surface area contributed by atoms with Gasteiger partial charge in [-0.2, -0.15) is 5.10 Å². The van der Waals surface area contributed by atoms with Gasteiger partial charge in [0, 0.05) is 17.6 Å². The summed E-state index contributed by atoms with van der Waals surface area (Å²) in [5.41, 5.74) is 2.39. The van der Waals surface area contributed by atoms with Crippen LogP contribution < -0.4 is 0 Å². The van der Waals surface area contributed by atoms with Crippen molar-refractivity contribution in [2.45, 2.75) is 40.7 Å². The summed E-state index contributed by atoms with van der Waals surface area (Å²) in [6.07, 6.45) is 2.12. The van der Waals surface area contributed by atoms with Crippen LogP contribution in [0.2, 0.25) is 0 Å². The maximum Gasteiger partial charge on any atom is 0.0926 e. The number of fused-ring (bicyclic) bond motifs is 1. The monoisotopic (exact) mass is 204 g/mol. The van der Waals surface area contributed by atoms with Crippen molar-refractivity contribution in [1.82, 2.24) is 9.78 Å². The summed E-state index contributed by atoms with van der Waals surface area (Å²) in [5.74, 6) is 0. The minimum absolute atomic E-state index is 0.437. The van der Waals surface area contributed by atoms with Crippen LogP contribution >= 0.6 is 0 Å². The highest BCUT2D eigenvalue weighted by molar-refractivity contribution is 5.81. The Hall–Kier alpha value is -1.31. The van der Waals surface area contributed by atoms with Gasteiger partial charge in [-0.15, -0.1) is 0 Å². The number of rotatable bonds is 1. The van der Waals surface area contributed by atoms with Gasteiger partial charge in [-0.1, -0.05) is 26.0 Å².